The number of anilines is 1. The van der Waals surface area contributed by atoms with Gasteiger partial charge >= 0.3 is 0 Å². The number of halogens is 1. The Bertz CT molecular complexity index is 449. The van der Waals surface area contributed by atoms with Crippen molar-refractivity contribution in [3.8, 4) is 0 Å². The first-order chi connectivity index (χ1) is 8.69. The predicted octanol–water partition coefficient (Wildman–Crippen LogP) is 0.859. The number of amides is 1. The lowest BCUT2D eigenvalue weighted by Crippen LogP contribution is -2.36. The summed E-state index contributed by atoms with van der Waals surface area (Å²) in [7, 11) is 1.55. The standard InChI is InChI=1S/C12H16FN3O2/c1-14-11-10(13)9(4-5-15-11)12(18)16(6-7-17)8-2-3-8/h4-5,8,17H,2-3,6-7H2,1H3,(H,14,15). The topological polar surface area (TPSA) is 65.5 Å². The Morgan fingerprint density at radius 1 is 1.67 bits per heavy atom. The molecular formula is C12H16FN3O2. The smallest absolute Gasteiger partial charge is 0.257 e. The number of aromatic nitrogens is 1. The van der Waals surface area contributed by atoms with Crippen LogP contribution in [0.15, 0.2) is 12.3 Å². The van der Waals surface area contributed by atoms with E-state index in [1.165, 1.54) is 17.2 Å². The van der Waals surface area contributed by atoms with E-state index < -0.39 is 5.82 Å². The number of aliphatic hydroxyl groups is 1. The largest absolute Gasteiger partial charge is 0.395 e. The third kappa shape index (κ3) is 2.43. The number of rotatable bonds is 5. The second-order valence-electron chi connectivity index (χ2n) is 4.22. The summed E-state index contributed by atoms with van der Waals surface area (Å²) < 4.78 is 14.0. The average molecular weight is 253 g/mol. The fourth-order valence-electron chi connectivity index (χ4n) is 1.88. The second-order valence-corrected chi connectivity index (χ2v) is 4.22. The molecule has 5 nitrogen and oxygen atoms in total. The van der Waals surface area contributed by atoms with Gasteiger partial charge in [-0.2, -0.15) is 0 Å². The molecule has 18 heavy (non-hydrogen) atoms. The third-order valence-corrected chi connectivity index (χ3v) is 2.95. The molecule has 0 atom stereocenters. The van der Waals surface area contributed by atoms with Gasteiger partial charge in [0.1, 0.15) is 0 Å². The molecule has 0 spiro atoms. The Kier molecular flexibility index (Phi) is 3.76. The molecular weight excluding hydrogens is 237 g/mol. The number of carbonyl (C=O) groups is 1. The minimum Gasteiger partial charge on any atom is -0.395 e. The molecule has 0 unspecified atom stereocenters. The fraction of sp³-hybridized carbons (Fsp3) is 0.500. The predicted molar refractivity (Wildman–Crippen MR) is 64.9 cm³/mol. The van der Waals surface area contributed by atoms with Gasteiger partial charge in [-0.15, -0.1) is 0 Å². The van der Waals surface area contributed by atoms with Crippen LogP contribution in [0.4, 0.5) is 10.2 Å². The molecule has 1 amide bonds. The van der Waals surface area contributed by atoms with Crippen LogP contribution in [0.1, 0.15) is 23.2 Å². The number of hydrogen-bond donors (Lipinski definition) is 2. The Balaban J connectivity index is 2.26. The molecule has 98 valence electrons. The van der Waals surface area contributed by atoms with E-state index in [1.54, 1.807) is 7.05 Å². The van der Waals surface area contributed by atoms with Gasteiger partial charge in [0.15, 0.2) is 11.6 Å². The molecule has 6 heteroatoms. The maximum atomic E-state index is 14.0. The summed E-state index contributed by atoms with van der Waals surface area (Å²) in [6.45, 7) is 0.119. The number of nitrogens with zero attached hydrogens (tertiary/aromatic N) is 2. The monoisotopic (exact) mass is 253 g/mol. The molecule has 1 aliphatic rings. The molecule has 0 aliphatic heterocycles. The highest BCUT2D eigenvalue weighted by Gasteiger charge is 2.33. The first kappa shape index (κ1) is 12.8. The van der Waals surface area contributed by atoms with E-state index in [-0.39, 0.29) is 36.5 Å². The highest BCUT2D eigenvalue weighted by Crippen LogP contribution is 2.28. The van der Waals surface area contributed by atoms with Crippen molar-refractivity contribution in [1.82, 2.24) is 9.88 Å². The van der Waals surface area contributed by atoms with Crippen LogP contribution in [0.5, 0.6) is 0 Å². The van der Waals surface area contributed by atoms with Gasteiger partial charge in [0.25, 0.3) is 5.91 Å². The quantitative estimate of drug-likeness (QED) is 0.817. The minimum atomic E-state index is -0.645. The van der Waals surface area contributed by atoms with Gasteiger partial charge in [-0.3, -0.25) is 4.79 Å². The van der Waals surface area contributed by atoms with Gasteiger partial charge in [-0.1, -0.05) is 0 Å². The third-order valence-electron chi connectivity index (χ3n) is 2.95. The minimum absolute atomic E-state index is 0.00491. The SMILES string of the molecule is CNc1nccc(C(=O)N(CCO)C2CC2)c1F. The Morgan fingerprint density at radius 3 is 2.94 bits per heavy atom. The van der Waals surface area contributed by atoms with Crippen LogP contribution in [-0.4, -0.2) is 47.1 Å². The maximum absolute atomic E-state index is 14.0. The molecule has 0 radical (unpaired) electrons. The zero-order valence-electron chi connectivity index (χ0n) is 10.2. The number of aliphatic hydroxyl groups excluding tert-OH is 1. The van der Waals surface area contributed by atoms with Crippen molar-refractivity contribution in [3.63, 3.8) is 0 Å². The van der Waals surface area contributed by atoms with Crippen molar-refractivity contribution in [1.29, 1.82) is 0 Å². The molecule has 0 saturated heterocycles. The number of carbonyl (C=O) groups excluding carboxylic acids is 1. The van der Waals surface area contributed by atoms with E-state index >= 15 is 0 Å². The van der Waals surface area contributed by atoms with Crippen LogP contribution in [-0.2, 0) is 0 Å². The molecule has 1 aromatic rings. The van der Waals surface area contributed by atoms with Gasteiger partial charge in [-0.05, 0) is 18.9 Å². The molecule has 1 fully saturated rings. The molecule has 1 aliphatic carbocycles. The summed E-state index contributed by atoms with van der Waals surface area (Å²) >= 11 is 0. The lowest BCUT2D eigenvalue weighted by Gasteiger charge is -2.21. The van der Waals surface area contributed by atoms with Crippen LogP contribution in [0.3, 0.4) is 0 Å². The second kappa shape index (κ2) is 5.30. The molecule has 2 N–H and O–H groups in total. The normalized spacial score (nSPS) is 14.4. The molecule has 1 saturated carbocycles. The van der Waals surface area contributed by atoms with Crippen molar-refractivity contribution in [2.45, 2.75) is 18.9 Å². The highest BCUT2D eigenvalue weighted by molar-refractivity contribution is 5.95. The fourth-order valence-corrected chi connectivity index (χ4v) is 1.88. The first-order valence-electron chi connectivity index (χ1n) is 5.93. The van der Waals surface area contributed by atoms with Crippen molar-refractivity contribution in [2.75, 3.05) is 25.5 Å². The van der Waals surface area contributed by atoms with E-state index in [0.717, 1.165) is 12.8 Å². The summed E-state index contributed by atoms with van der Waals surface area (Å²) in [6.07, 6.45) is 3.22. The van der Waals surface area contributed by atoms with E-state index in [1.807, 2.05) is 0 Å². The summed E-state index contributed by atoms with van der Waals surface area (Å²) in [5.41, 5.74) is -0.00491. The number of nitrogens with one attached hydrogen (secondary N) is 1. The number of hydrogen-bond acceptors (Lipinski definition) is 4. The van der Waals surface area contributed by atoms with Crippen molar-refractivity contribution in [2.24, 2.45) is 0 Å². The zero-order chi connectivity index (χ0) is 13.1. The lowest BCUT2D eigenvalue weighted by atomic mass is 10.2. The van der Waals surface area contributed by atoms with Gasteiger partial charge in [0.2, 0.25) is 0 Å². The molecule has 1 aromatic heterocycles. The Labute approximate surface area is 105 Å². The van der Waals surface area contributed by atoms with E-state index in [9.17, 15) is 9.18 Å². The Hall–Kier alpha value is -1.69. The van der Waals surface area contributed by atoms with Crippen molar-refractivity contribution in [3.05, 3.63) is 23.6 Å². The molecule has 0 bridgehead atoms. The Morgan fingerprint density at radius 2 is 2.39 bits per heavy atom. The van der Waals surface area contributed by atoms with E-state index in [2.05, 4.69) is 10.3 Å². The zero-order valence-corrected chi connectivity index (χ0v) is 10.2. The van der Waals surface area contributed by atoms with E-state index in [4.69, 9.17) is 5.11 Å². The summed E-state index contributed by atoms with van der Waals surface area (Å²) in [4.78, 5) is 17.5. The van der Waals surface area contributed by atoms with Crippen molar-refractivity contribution >= 4 is 11.7 Å². The molecule has 1 heterocycles. The summed E-state index contributed by atoms with van der Waals surface area (Å²) in [5.74, 6) is -0.975. The molecule has 0 aromatic carbocycles. The van der Waals surface area contributed by atoms with Gasteiger partial charge in [-0.25, -0.2) is 9.37 Å². The summed E-state index contributed by atoms with van der Waals surface area (Å²) in [6, 6.07) is 1.50. The first-order valence-corrected chi connectivity index (χ1v) is 5.93. The average Bonchev–Trinajstić information content (AvgIpc) is 3.20. The maximum Gasteiger partial charge on any atom is 0.257 e. The number of pyridine rings is 1. The molecule has 2 rings (SSSR count). The van der Waals surface area contributed by atoms with Crippen LogP contribution in [0.25, 0.3) is 0 Å². The van der Waals surface area contributed by atoms with Gasteiger partial charge in [0, 0.05) is 25.8 Å². The van der Waals surface area contributed by atoms with Crippen LogP contribution in [0.2, 0.25) is 0 Å². The highest BCUT2D eigenvalue weighted by atomic mass is 19.1. The van der Waals surface area contributed by atoms with Crippen LogP contribution < -0.4 is 5.32 Å². The van der Waals surface area contributed by atoms with Crippen LogP contribution >= 0.6 is 0 Å². The lowest BCUT2D eigenvalue weighted by molar-refractivity contribution is 0.0703. The summed E-state index contributed by atoms with van der Waals surface area (Å²) in [5, 5.41) is 11.6. The van der Waals surface area contributed by atoms with E-state index in [0.29, 0.717) is 0 Å². The van der Waals surface area contributed by atoms with Gasteiger partial charge < -0.3 is 15.3 Å². The van der Waals surface area contributed by atoms with Crippen LogP contribution in [0, 0.1) is 5.82 Å². The van der Waals surface area contributed by atoms with Crippen molar-refractivity contribution < 1.29 is 14.3 Å². The van der Waals surface area contributed by atoms with Gasteiger partial charge in [0.05, 0.1) is 12.2 Å².